The maximum Gasteiger partial charge on any atom is 0.170 e. The summed E-state index contributed by atoms with van der Waals surface area (Å²) < 4.78 is 29.6. The Morgan fingerprint density at radius 3 is 2.69 bits per heavy atom. The van der Waals surface area contributed by atoms with E-state index in [1.165, 1.54) is 12.1 Å². The van der Waals surface area contributed by atoms with E-state index in [0.717, 1.165) is 56.0 Å². The summed E-state index contributed by atoms with van der Waals surface area (Å²) in [6, 6.07) is 12.2. The van der Waals surface area contributed by atoms with Gasteiger partial charge < -0.3 is 14.0 Å². The normalized spacial score (nSPS) is 15.4. The van der Waals surface area contributed by atoms with E-state index in [9.17, 15) is 4.39 Å². The topological polar surface area (TPSA) is 47.7 Å². The molecule has 0 atom stereocenters. The number of nitrogens with zero attached hydrogens (tertiary/aromatic N) is 2. The molecule has 26 heavy (non-hydrogen) atoms. The van der Waals surface area contributed by atoms with Gasteiger partial charge in [0, 0.05) is 36.7 Å². The highest BCUT2D eigenvalue weighted by molar-refractivity contribution is 5.91. The van der Waals surface area contributed by atoms with Crippen LogP contribution in [-0.2, 0) is 4.74 Å². The smallest absolute Gasteiger partial charge is 0.170 e. The summed E-state index contributed by atoms with van der Waals surface area (Å²) in [7, 11) is 0. The van der Waals surface area contributed by atoms with E-state index >= 15 is 0 Å². The summed E-state index contributed by atoms with van der Waals surface area (Å²) in [5.41, 5.74) is 2.07. The first-order valence-corrected chi connectivity index (χ1v) is 8.88. The lowest BCUT2D eigenvalue weighted by atomic mass is 10.1. The molecule has 1 saturated heterocycles. The first kappa shape index (κ1) is 17.0. The number of fused-ring (bicyclic) bond motifs is 1. The maximum absolute atomic E-state index is 13.3. The zero-order valence-electron chi connectivity index (χ0n) is 14.5. The van der Waals surface area contributed by atoms with Crippen molar-refractivity contribution in [1.29, 1.82) is 0 Å². The van der Waals surface area contributed by atoms with Crippen LogP contribution in [0.4, 0.5) is 4.39 Å². The van der Waals surface area contributed by atoms with E-state index in [4.69, 9.17) is 14.0 Å². The molecule has 1 aliphatic heterocycles. The molecular weight excluding hydrogens is 335 g/mol. The Labute approximate surface area is 151 Å². The van der Waals surface area contributed by atoms with Gasteiger partial charge in [0.25, 0.3) is 0 Å². The highest BCUT2D eigenvalue weighted by Crippen LogP contribution is 2.29. The summed E-state index contributed by atoms with van der Waals surface area (Å²) in [6.07, 6.45) is 0.987. The van der Waals surface area contributed by atoms with E-state index in [1.54, 1.807) is 6.07 Å². The van der Waals surface area contributed by atoms with Crippen molar-refractivity contribution in [2.24, 2.45) is 0 Å². The number of benzene rings is 2. The minimum Gasteiger partial charge on any atom is -0.494 e. The molecule has 1 aliphatic rings. The molecule has 6 heteroatoms. The molecule has 5 nitrogen and oxygen atoms in total. The lowest BCUT2D eigenvalue weighted by Crippen LogP contribution is -2.37. The quantitative estimate of drug-likeness (QED) is 0.630. The second kappa shape index (κ2) is 7.85. The number of hydrogen-bond donors (Lipinski definition) is 0. The lowest BCUT2D eigenvalue weighted by Gasteiger charge is -2.26. The summed E-state index contributed by atoms with van der Waals surface area (Å²) in [5.74, 6) is 0.496. The van der Waals surface area contributed by atoms with Gasteiger partial charge in [-0.2, -0.15) is 0 Å². The SMILES string of the molecule is Fc1ccc2c(-c3ccc(OCCCN4CCOCC4)cc3)noc2c1. The van der Waals surface area contributed by atoms with E-state index in [0.29, 0.717) is 17.9 Å². The monoisotopic (exact) mass is 356 g/mol. The molecule has 0 saturated carbocycles. The molecule has 0 spiro atoms. The Balaban J connectivity index is 1.34. The molecule has 2 heterocycles. The van der Waals surface area contributed by atoms with Gasteiger partial charge >= 0.3 is 0 Å². The molecule has 0 unspecified atom stereocenters. The number of halogens is 1. The summed E-state index contributed by atoms with van der Waals surface area (Å²) in [4.78, 5) is 2.40. The molecule has 136 valence electrons. The van der Waals surface area contributed by atoms with Gasteiger partial charge in [-0.25, -0.2) is 4.39 Å². The molecule has 0 amide bonds. The predicted octanol–water partition coefficient (Wildman–Crippen LogP) is 3.74. The van der Waals surface area contributed by atoms with Crippen LogP contribution in [0.25, 0.3) is 22.2 Å². The van der Waals surface area contributed by atoms with Crippen molar-refractivity contribution >= 4 is 11.0 Å². The lowest BCUT2D eigenvalue weighted by molar-refractivity contribution is 0.0358. The largest absolute Gasteiger partial charge is 0.494 e. The molecule has 0 radical (unpaired) electrons. The summed E-state index contributed by atoms with van der Waals surface area (Å²) in [6.45, 7) is 5.37. The third kappa shape index (κ3) is 3.86. The molecule has 2 aromatic carbocycles. The van der Waals surface area contributed by atoms with Crippen molar-refractivity contribution in [2.75, 3.05) is 39.5 Å². The van der Waals surface area contributed by atoms with Crippen LogP contribution in [0.2, 0.25) is 0 Å². The van der Waals surface area contributed by atoms with Crippen molar-refractivity contribution in [3.05, 3.63) is 48.3 Å². The fourth-order valence-corrected chi connectivity index (χ4v) is 3.13. The number of aromatic nitrogens is 1. The van der Waals surface area contributed by atoms with Gasteiger partial charge in [0.2, 0.25) is 0 Å². The average Bonchev–Trinajstić information content (AvgIpc) is 3.09. The highest BCUT2D eigenvalue weighted by Gasteiger charge is 2.12. The highest BCUT2D eigenvalue weighted by atomic mass is 19.1. The van der Waals surface area contributed by atoms with E-state index < -0.39 is 0 Å². The van der Waals surface area contributed by atoms with Crippen LogP contribution in [0.3, 0.4) is 0 Å². The van der Waals surface area contributed by atoms with E-state index in [-0.39, 0.29) is 5.82 Å². The first-order valence-electron chi connectivity index (χ1n) is 8.88. The molecule has 1 fully saturated rings. The number of rotatable bonds is 6. The Bertz CT molecular complexity index is 857. The van der Waals surface area contributed by atoms with Gasteiger partial charge in [-0.15, -0.1) is 0 Å². The van der Waals surface area contributed by atoms with Crippen molar-refractivity contribution in [2.45, 2.75) is 6.42 Å². The second-order valence-electron chi connectivity index (χ2n) is 6.35. The standard InChI is InChI=1S/C20H21FN2O3/c21-16-4-7-18-19(14-16)26-22-20(18)15-2-5-17(6-3-15)25-11-1-8-23-9-12-24-13-10-23/h2-7,14H,1,8-13H2. The minimum absolute atomic E-state index is 0.332. The predicted molar refractivity (Wildman–Crippen MR) is 96.8 cm³/mol. The van der Waals surface area contributed by atoms with Crippen LogP contribution in [0.5, 0.6) is 5.75 Å². The third-order valence-electron chi connectivity index (χ3n) is 4.55. The third-order valence-corrected chi connectivity index (χ3v) is 4.55. The van der Waals surface area contributed by atoms with Crippen LogP contribution in [0, 0.1) is 5.82 Å². The van der Waals surface area contributed by atoms with Gasteiger partial charge in [0.1, 0.15) is 17.3 Å². The summed E-state index contributed by atoms with van der Waals surface area (Å²) in [5, 5.41) is 4.86. The van der Waals surface area contributed by atoms with Crippen LogP contribution in [0.15, 0.2) is 47.0 Å². The van der Waals surface area contributed by atoms with Crippen LogP contribution < -0.4 is 4.74 Å². The number of ether oxygens (including phenoxy) is 2. The van der Waals surface area contributed by atoms with Crippen molar-refractivity contribution in [3.8, 4) is 17.0 Å². The zero-order chi connectivity index (χ0) is 17.8. The van der Waals surface area contributed by atoms with E-state index in [2.05, 4.69) is 10.1 Å². The van der Waals surface area contributed by atoms with Crippen molar-refractivity contribution < 1.29 is 18.4 Å². The molecule has 0 aliphatic carbocycles. The summed E-state index contributed by atoms with van der Waals surface area (Å²) >= 11 is 0. The molecule has 0 bridgehead atoms. The molecule has 1 aromatic heterocycles. The first-order chi connectivity index (χ1) is 12.8. The Morgan fingerprint density at radius 1 is 1.08 bits per heavy atom. The second-order valence-corrected chi connectivity index (χ2v) is 6.35. The van der Waals surface area contributed by atoms with Crippen LogP contribution >= 0.6 is 0 Å². The zero-order valence-corrected chi connectivity index (χ0v) is 14.5. The van der Waals surface area contributed by atoms with Crippen LogP contribution in [0.1, 0.15) is 6.42 Å². The van der Waals surface area contributed by atoms with Gasteiger partial charge in [-0.05, 0) is 42.8 Å². The van der Waals surface area contributed by atoms with Gasteiger partial charge in [-0.1, -0.05) is 5.16 Å². The number of morpholine rings is 1. The van der Waals surface area contributed by atoms with Gasteiger partial charge in [0.05, 0.1) is 19.8 Å². The van der Waals surface area contributed by atoms with Gasteiger partial charge in [0.15, 0.2) is 5.58 Å². The Hall–Kier alpha value is -2.44. The fraction of sp³-hybridized carbons (Fsp3) is 0.350. The molecular formula is C20H21FN2O3. The maximum atomic E-state index is 13.3. The molecule has 3 aromatic rings. The Kier molecular flexibility index (Phi) is 5.13. The number of hydrogen-bond acceptors (Lipinski definition) is 5. The Morgan fingerprint density at radius 2 is 1.88 bits per heavy atom. The fourth-order valence-electron chi connectivity index (χ4n) is 3.13. The average molecular weight is 356 g/mol. The molecule has 0 N–H and O–H groups in total. The van der Waals surface area contributed by atoms with Crippen molar-refractivity contribution in [3.63, 3.8) is 0 Å². The van der Waals surface area contributed by atoms with Crippen LogP contribution in [-0.4, -0.2) is 49.5 Å². The van der Waals surface area contributed by atoms with E-state index in [1.807, 2.05) is 24.3 Å². The minimum atomic E-state index is -0.332. The van der Waals surface area contributed by atoms with Crippen molar-refractivity contribution in [1.82, 2.24) is 10.1 Å². The van der Waals surface area contributed by atoms with Gasteiger partial charge in [-0.3, -0.25) is 4.90 Å². The molecule has 4 rings (SSSR count).